The molecule has 0 heterocycles. The summed E-state index contributed by atoms with van der Waals surface area (Å²) in [5.74, 6) is -0.514. The summed E-state index contributed by atoms with van der Waals surface area (Å²) in [6.07, 6.45) is -4.42. The molecule has 0 spiro atoms. The number of hydrogen-bond acceptors (Lipinski definition) is 5. The van der Waals surface area contributed by atoms with Crippen molar-refractivity contribution in [1.29, 1.82) is 0 Å². The summed E-state index contributed by atoms with van der Waals surface area (Å²) in [5, 5.41) is 13.3. The van der Waals surface area contributed by atoms with Crippen molar-refractivity contribution in [3.8, 4) is 0 Å². The Hall–Kier alpha value is -2.52. The van der Waals surface area contributed by atoms with E-state index in [1.54, 1.807) is 52.8 Å². The van der Waals surface area contributed by atoms with E-state index in [0.29, 0.717) is 16.8 Å². The molecule has 2 N–H and O–H groups in total. The molecular formula is C22H26BF3NO4. The van der Waals surface area contributed by atoms with E-state index in [4.69, 9.17) is 9.39 Å². The SMILES string of the molecule is CCOC(=O)c1ccc(Nc2ccc(C(F)(F)F)cc2)c([B]OC(C)(C)C(C)(C)O)c1. The first-order chi connectivity index (χ1) is 14.2. The number of ether oxygens (including phenoxy) is 1. The quantitative estimate of drug-likeness (QED) is 0.473. The number of nitrogens with one attached hydrogen (secondary N) is 1. The minimum absolute atomic E-state index is 0.214. The smallest absolute Gasteiger partial charge is 0.416 e. The van der Waals surface area contributed by atoms with Gasteiger partial charge in [-0.15, -0.1) is 0 Å². The number of aliphatic hydroxyl groups is 1. The fraction of sp³-hybridized carbons (Fsp3) is 0.409. The summed E-state index contributed by atoms with van der Waals surface area (Å²) >= 11 is 0. The van der Waals surface area contributed by atoms with Crippen LogP contribution >= 0.6 is 0 Å². The molecule has 0 atom stereocenters. The molecule has 0 aromatic heterocycles. The van der Waals surface area contributed by atoms with Gasteiger partial charge in [0, 0.05) is 11.4 Å². The molecule has 0 unspecified atom stereocenters. The second-order valence-electron chi connectivity index (χ2n) is 8.03. The highest BCUT2D eigenvalue weighted by Crippen LogP contribution is 2.30. The van der Waals surface area contributed by atoms with Gasteiger partial charge in [0.2, 0.25) is 0 Å². The number of carbonyl (C=O) groups excluding carboxylic acids is 1. The Labute approximate surface area is 180 Å². The molecule has 167 valence electrons. The van der Waals surface area contributed by atoms with Crippen LogP contribution in [0.4, 0.5) is 24.5 Å². The number of carbonyl (C=O) groups is 1. The third kappa shape index (κ3) is 6.48. The summed E-state index contributed by atoms with van der Waals surface area (Å²) in [6, 6.07) is 9.28. The second kappa shape index (κ2) is 9.32. The lowest BCUT2D eigenvalue weighted by atomic mass is 9.81. The zero-order chi connectivity index (χ0) is 23.4. The van der Waals surface area contributed by atoms with Crippen LogP contribution in [0.5, 0.6) is 0 Å². The highest BCUT2D eigenvalue weighted by atomic mass is 19.4. The van der Waals surface area contributed by atoms with Crippen molar-refractivity contribution in [2.75, 3.05) is 11.9 Å². The number of alkyl halides is 3. The predicted octanol–water partition coefficient (Wildman–Crippen LogP) is 4.44. The first-order valence-corrected chi connectivity index (χ1v) is 9.73. The normalized spacial score (nSPS) is 12.4. The average molecular weight is 436 g/mol. The lowest BCUT2D eigenvalue weighted by molar-refractivity contribution is -0.137. The largest absolute Gasteiger partial charge is 0.462 e. The molecule has 2 aromatic carbocycles. The predicted molar refractivity (Wildman–Crippen MR) is 114 cm³/mol. The molecule has 0 amide bonds. The van der Waals surface area contributed by atoms with Crippen LogP contribution in [0.3, 0.4) is 0 Å². The van der Waals surface area contributed by atoms with E-state index in [1.807, 2.05) is 0 Å². The molecule has 2 rings (SSSR count). The highest BCUT2D eigenvalue weighted by Gasteiger charge is 2.36. The van der Waals surface area contributed by atoms with Gasteiger partial charge in [-0.3, -0.25) is 0 Å². The van der Waals surface area contributed by atoms with Crippen LogP contribution in [-0.4, -0.2) is 36.4 Å². The van der Waals surface area contributed by atoms with Gasteiger partial charge in [-0.1, -0.05) is 0 Å². The minimum Gasteiger partial charge on any atom is -0.462 e. The first kappa shape index (κ1) is 24.8. The molecule has 0 aliphatic heterocycles. The van der Waals surface area contributed by atoms with Gasteiger partial charge in [-0.05, 0) is 82.5 Å². The van der Waals surface area contributed by atoms with E-state index in [-0.39, 0.29) is 12.2 Å². The third-order valence-electron chi connectivity index (χ3n) is 5.01. The molecule has 1 radical (unpaired) electrons. The number of esters is 1. The Kier molecular flexibility index (Phi) is 7.44. The van der Waals surface area contributed by atoms with Gasteiger partial charge in [-0.2, -0.15) is 13.2 Å². The molecule has 31 heavy (non-hydrogen) atoms. The van der Waals surface area contributed by atoms with Gasteiger partial charge >= 0.3 is 19.6 Å². The molecular weight excluding hydrogens is 410 g/mol. The molecule has 2 aromatic rings. The monoisotopic (exact) mass is 436 g/mol. The molecule has 0 fully saturated rings. The van der Waals surface area contributed by atoms with E-state index in [2.05, 4.69) is 5.32 Å². The summed E-state index contributed by atoms with van der Waals surface area (Å²) in [4.78, 5) is 12.1. The first-order valence-electron chi connectivity index (χ1n) is 9.73. The van der Waals surface area contributed by atoms with Crippen LogP contribution in [0.15, 0.2) is 42.5 Å². The molecule has 0 saturated heterocycles. The molecule has 9 heteroatoms. The van der Waals surface area contributed by atoms with Crippen LogP contribution in [0.25, 0.3) is 0 Å². The number of rotatable bonds is 8. The van der Waals surface area contributed by atoms with E-state index in [9.17, 15) is 23.1 Å². The number of anilines is 2. The standard InChI is InChI=1S/C22H26BF3NO4/c1-6-30-19(28)14-7-12-18(17(13-14)23-31-21(4,5)20(2,3)29)27-16-10-8-15(9-11-16)22(24,25)26/h7-13,27,29H,6H2,1-5H3. The van der Waals surface area contributed by atoms with Crippen molar-refractivity contribution >= 4 is 30.3 Å². The lowest BCUT2D eigenvalue weighted by Crippen LogP contribution is -2.49. The number of benzene rings is 2. The Morgan fingerprint density at radius 1 is 1.06 bits per heavy atom. The Balaban J connectivity index is 2.33. The van der Waals surface area contributed by atoms with Gasteiger partial charge in [0.05, 0.1) is 28.9 Å². The van der Waals surface area contributed by atoms with Crippen molar-refractivity contribution in [1.82, 2.24) is 0 Å². The summed E-state index contributed by atoms with van der Waals surface area (Å²) < 4.78 is 49.2. The fourth-order valence-electron chi connectivity index (χ4n) is 2.37. The minimum atomic E-state index is -4.42. The van der Waals surface area contributed by atoms with Crippen LogP contribution in [-0.2, 0) is 15.6 Å². The highest BCUT2D eigenvalue weighted by molar-refractivity contribution is 6.50. The maximum Gasteiger partial charge on any atom is 0.416 e. The molecule has 0 aliphatic rings. The van der Waals surface area contributed by atoms with Gasteiger partial charge in [0.15, 0.2) is 0 Å². The average Bonchev–Trinajstić information content (AvgIpc) is 2.66. The van der Waals surface area contributed by atoms with Crippen LogP contribution in [0.1, 0.15) is 50.5 Å². The number of halogens is 3. The van der Waals surface area contributed by atoms with Gasteiger partial charge < -0.3 is 19.8 Å². The van der Waals surface area contributed by atoms with E-state index in [0.717, 1.165) is 12.1 Å². The maximum atomic E-state index is 12.8. The van der Waals surface area contributed by atoms with Gasteiger partial charge in [0.25, 0.3) is 0 Å². The van der Waals surface area contributed by atoms with E-state index in [1.165, 1.54) is 19.6 Å². The van der Waals surface area contributed by atoms with Crippen molar-refractivity contribution in [3.63, 3.8) is 0 Å². The summed E-state index contributed by atoms with van der Waals surface area (Å²) in [7, 11) is 1.40. The Bertz CT molecular complexity index is 906. The van der Waals surface area contributed by atoms with Crippen molar-refractivity contribution < 1.29 is 32.5 Å². The van der Waals surface area contributed by atoms with Crippen molar-refractivity contribution in [2.24, 2.45) is 0 Å². The lowest BCUT2D eigenvalue weighted by Gasteiger charge is -2.37. The topological polar surface area (TPSA) is 67.8 Å². The van der Waals surface area contributed by atoms with Crippen molar-refractivity contribution in [3.05, 3.63) is 53.6 Å². The van der Waals surface area contributed by atoms with Gasteiger partial charge in [-0.25, -0.2) is 4.79 Å². The third-order valence-corrected chi connectivity index (χ3v) is 5.01. The maximum absolute atomic E-state index is 12.8. The molecule has 0 saturated carbocycles. The van der Waals surface area contributed by atoms with Crippen LogP contribution < -0.4 is 10.8 Å². The summed E-state index contributed by atoms with van der Waals surface area (Å²) in [5.41, 5.74) is -1.20. The summed E-state index contributed by atoms with van der Waals surface area (Å²) in [6.45, 7) is 8.55. The Morgan fingerprint density at radius 3 is 2.19 bits per heavy atom. The van der Waals surface area contributed by atoms with E-state index >= 15 is 0 Å². The molecule has 5 nitrogen and oxygen atoms in total. The van der Waals surface area contributed by atoms with Crippen LogP contribution in [0, 0.1) is 0 Å². The molecule has 0 bridgehead atoms. The Morgan fingerprint density at radius 2 is 1.68 bits per heavy atom. The zero-order valence-electron chi connectivity index (χ0n) is 18.1. The van der Waals surface area contributed by atoms with Crippen molar-refractivity contribution in [2.45, 2.75) is 52.0 Å². The zero-order valence-corrected chi connectivity index (χ0v) is 18.1. The van der Waals surface area contributed by atoms with Crippen LogP contribution in [0.2, 0.25) is 0 Å². The molecule has 0 aliphatic carbocycles. The van der Waals surface area contributed by atoms with E-state index < -0.39 is 28.9 Å². The van der Waals surface area contributed by atoms with Gasteiger partial charge in [0.1, 0.15) is 0 Å². The fourth-order valence-corrected chi connectivity index (χ4v) is 2.37. The second-order valence-corrected chi connectivity index (χ2v) is 8.03. The number of hydrogen-bond donors (Lipinski definition) is 2.